The molecule has 2 aromatic carbocycles. The molecule has 0 saturated heterocycles. The van der Waals surface area contributed by atoms with Crippen LogP contribution < -0.4 is 10.5 Å². The SMILES string of the molecule is CCOP(=O)(/C=C/c1ccc(C(=O)Oc2ccc(C(=N)N)cc2)cc1)OCC. The minimum absolute atomic E-state index is 0.0558. The average Bonchev–Trinajstić information content (AvgIpc) is 2.67. The minimum Gasteiger partial charge on any atom is -0.423 e. The monoisotopic (exact) mass is 402 g/mol. The highest BCUT2D eigenvalue weighted by atomic mass is 31.2. The summed E-state index contributed by atoms with van der Waals surface area (Å²) in [6.45, 7) is 4.04. The molecular formula is C20H23N2O5P. The fourth-order valence-corrected chi connectivity index (χ4v) is 3.58. The Balaban J connectivity index is 2.04. The van der Waals surface area contributed by atoms with E-state index in [2.05, 4.69) is 0 Å². The van der Waals surface area contributed by atoms with Gasteiger partial charge in [0.2, 0.25) is 0 Å². The van der Waals surface area contributed by atoms with E-state index in [9.17, 15) is 9.36 Å². The standard InChI is InChI=1S/C20H23N2O5P/c1-3-25-28(24,26-4-2)14-13-15-5-7-17(8-6-15)20(23)27-18-11-9-16(10-12-18)19(21)22/h5-14H,3-4H2,1-2H3,(H3,21,22)/b14-13+. The number of nitrogens with one attached hydrogen (secondary N) is 1. The molecule has 0 aliphatic carbocycles. The lowest BCUT2D eigenvalue weighted by molar-refractivity contribution is 0.0734. The van der Waals surface area contributed by atoms with Crippen LogP contribution in [0.25, 0.3) is 6.08 Å². The van der Waals surface area contributed by atoms with E-state index in [4.69, 9.17) is 24.9 Å². The zero-order valence-corrected chi connectivity index (χ0v) is 16.6. The number of hydrogen-bond acceptors (Lipinski definition) is 6. The number of carbonyl (C=O) groups excluding carboxylic acids is 1. The Morgan fingerprint density at radius 3 is 2.04 bits per heavy atom. The summed E-state index contributed by atoms with van der Waals surface area (Å²) in [5.41, 5.74) is 7.04. The van der Waals surface area contributed by atoms with Crippen LogP contribution in [0.3, 0.4) is 0 Å². The first kappa shape index (κ1) is 21.6. The highest BCUT2D eigenvalue weighted by molar-refractivity contribution is 7.57. The second-order valence-electron chi connectivity index (χ2n) is 5.64. The highest BCUT2D eigenvalue weighted by Crippen LogP contribution is 2.50. The van der Waals surface area contributed by atoms with E-state index in [-0.39, 0.29) is 19.0 Å². The van der Waals surface area contributed by atoms with Crippen LogP contribution in [-0.4, -0.2) is 25.0 Å². The van der Waals surface area contributed by atoms with Gasteiger partial charge in [-0.3, -0.25) is 9.97 Å². The van der Waals surface area contributed by atoms with Gasteiger partial charge in [-0.05, 0) is 61.9 Å². The molecule has 0 atom stereocenters. The fraction of sp³-hybridized carbons (Fsp3) is 0.200. The quantitative estimate of drug-likeness (QED) is 0.211. The van der Waals surface area contributed by atoms with Crippen molar-refractivity contribution in [2.75, 3.05) is 13.2 Å². The Morgan fingerprint density at radius 1 is 1.00 bits per heavy atom. The molecule has 7 nitrogen and oxygen atoms in total. The minimum atomic E-state index is -3.27. The third kappa shape index (κ3) is 6.16. The summed E-state index contributed by atoms with van der Waals surface area (Å²) >= 11 is 0. The second kappa shape index (κ2) is 9.99. The number of benzene rings is 2. The van der Waals surface area contributed by atoms with Crippen molar-refractivity contribution in [3.8, 4) is 5.75 Å². The van der Waals surface area contributed by atoms with Crippen molar-refractivity contribution in [2.24, 2.45) is 5.73 Å². The molecule has 3 N–H and O–H groups in total. The molecule has 0 bridgehead atoms. The summed E-state index contributed by atoms with van der Waals surface area (Å²) < 4.78 is 28.1. The Morgan fingerprint density at radius 2 is 1.54 bits per heavy atom. The van der Waals surface area contributed by atoms with Gasteiger partial charge in [-0.2, -0.15) is 0 Å². The number of esters is 1. The van der Waals surface area contributed by atoms with E-state index in [1.165, 1.54) is 5.82 Å². The number of nitrogen functional groups attached to an aromatic ring is 1. The van der Waals surface area contributed by atoms with Gasteiger partial charge >= 0.3 is 13.6 Å². The summed E-state index contributed by atoms with van der Waals surface area (Å²) in [5.74, 6) is 1.19. The van der Waals surface area contributed by atoms with Crippen LogP contribution in [0.1, 0.15) is 35.3 Å². The van der Waals surface area contributed by atoms with Crippen LogP contribution in [0.2, 0.25) is 0 Å². The summed E-state index contributed by atoms with van der Waals surface area (Å²) in [6.07, 6.45) is 1.63. The molecule has 0 fully saturated rings. The molecule has 0 radical (unpaired) electrons. The Kier molecular flexibility index (Phi) is 7.70. The van der Waals surface area contributed by atoms with E-state index in [0.717, 1.165) is 5.56 Å². The predicted molar refractivity (Wildman–Crippen MR) is 109 cm³/mol. The smallest absolute Gasteiger partial charge is 0.354 e. The predicted octanol–water partition coefficient (Wildman–Crippen LogP) is 4.43. The zero-order chi connectivity index (χ0) is 20.6. The van der Waals surface area contributed by atoms with Crippen molar-refractivity contribution >= 4 is 25.5 Å². The lowest BCUT2D eigenvalue weighted by Gasteiger charge is -2.12. The summed E-state index contributed by atoms with van der Waals surface area (Å²) in [4.78, 5) is 12.2. The van der Waals surface area contributed by atoms with Gasteiger partial charge in [-0.25, -0.2) is 4.79 Å². The third-order valence-corrected chi connectivity index (χ3v) is 5.34. The Labute approximate surface area is 164 Å². The zero-order valence-electron chi connectivity index (χ0n) is 15.8. The molecule has 8 heteroatoms. The maximum atomic E-state index is 12.4. The van der Waals surface area contributed by atoms with E-state index in [1.807, 2.05) is 0 Å². The van der Waals surface area contributed by atoms with Crippen LogP contribution in [0.15, 0.2) is 54.3 Å². The first-order chi connectivity index (χ1) is 13.4. The van der Waals surface area contributed by atoms with E-state index < -0.39 is 13.6 Å². The number of rotatable bonds is 9. The lowest BCUT2D eigenvalue weighted by atomic mass is 10.1. The van der Waals surface area contributed by atoms with Crippen LogP contribution in [-0.2, 0) is 13.6 Å². The number of hydrogen-bond donors (Lipinski definition) is 2. The van der Waals surface area contributed by atoms with Crippen molar-refractivity contribution in [2.45, 2.75) is 13.8 Å². The van der Waals surface area contributed by atoms with Crippen LogP contribution in [0, 0.1) is 5.41 Å². The normalized spacial score (nSPS) is 11.5. The Bertz CT molecular complexity index is 882. The largest absolute Gasteiger partial charge is 0.423 e. The van der Waals surface area contributed by atoms with Crippen LogP contribution >= 0.6 is 7.60 Å². The summed E-state index contributed by atoms with van der Waals surface area (Å²) in [5, 5.41) is 7.35. The molecule has 2 aromatic rings. The molecule has 0 aliphatic heterocycles. The second-order valence-corrected chi connectivity index (χ2v) is 7.53. The molecule has 0 saturated carbocycles. The number of ether oxygens (including phenoxy) is 1. The molecule has 0 heterocycles. The van der Waals surface area contributed by atoms with Gasteiger partial charge < -0.3 is 19.5 Å². The molecule has 148 valence electrons. The molecule has 28 heavy (non-hydrogen) atoms. The van der Waals surface area contributed by atoms with Gasteiger partial charge in [0.1, 0.15) is 11.6 Å². The van der Waals surface area contributed by atoms with Crippen LogP contribution in [0.5, 0.6) is 5.75 Å². The van der Waals surface area contributed by atoms with Crippen molar-refractivity contribution in [1.82, 2.24) is 0 Å². The first-order valence-corrected chi connectivity index (χ1v) is 10.3. The topological polar surface area (TPSA) is 112 Å². The van der Waals surface area contributed by atoms with Gasteiger partial charge in [-0.1, -0.05) is 12.1 Å². The molecule has 2 rings (SSSR count). The van der Waals surface area contributed by atoms with Crippen molar-refractivity contribution in [3.63, 3.8) is 0 Å². The third-order valence-electron chi connectivity index (χ3n) is 3.59. The fourth-order valence-electron chi connectivity index (χ4n) is 2.26. The van der Waals surface area contributed by atoms with Crippen LogP contribution in [0.4, 0.5) is 0 Å². The molecule has 0 aromatic heterocycles. The molecule has 0 unspecified atom stereocenters. The van der Waals surface area contributed by atoms with Gasteiger partial charge in [0.25, 0.3) is 0 Å². The van der Waals surface area contributed by atoms with E-state index in [0.29, 0.717) is 16.9 Å². The molecule has 0 aliphatic rings. The summed E-state index contributed by atoms with van der Waals surface area (Å²) in [6, 6.07) is 13.0. The van der Waals surface area contributed by atoms with Gasteiger partial charge in [0, 0.05) is 11.4 Å². The van der Waals surface area contributed by atoms with Crippen molar-refractivity contribution < 1.29 is 23.1 Å². The summed E-state index contributed by atoms with van der Waals surface area (Å²) in [7, 11) is -3.27. The first-order valence-electron chi connectivity index (χ1n) is 8.71. The van der Waals surface area contributed by atoms with Gasteiger partial charge in [-0.15, -0.1) is 0 Å². The maximum Gasteiger partial charge on any atom is 0.354 e. The van der Waals surface area contributed by atoms with E-state index >= 15 is 0 Å². The van der Waals surface area contributed by atoms with E-state index in [1.54, 1.807) is 68.5 Å². The number of amidine groups is 1. The number of nitrogens with two attached hydrogens (primary N) is 1. The number of carbonyl (C=O) groups is 1. The maximum absolute atomic E-state index is 12.4. The van der Waals surface area contributed by atoms with Crippen molar-refractivity contribution in [1.29, 1.82) is 5.41 Å². The molecular weight excluding hydrogens is 379 g/mol. The molecule has 0 spiro atoms. The Hall–Kier alpha value is -2.73. The average molecular weight is 402 g/mol. The lowest BCUT2D eigenvalue weighted by Crippen LogP contribution is -2.11. The highest BCUT2D eigenvalue weighted by Gasteiger charge is 2.18. The van der Waals surface area contributed by atoms with Gasteiger partial charge in [0.15, 0.2) is 0 Å². The van der Waals surface area contributed by atoms with Crippen molar-refractivity contribution in [3.05, 3.63) is 71.0 Å². The molecule has 0 amide bonds. The van der Waals surface area contributed by atoms with Gasteiger partial charge in [0.05, 0.1) is 18.8 Å².